The number of hydrogen-bond acceptors (Lipinski definition) is 3. The summed E-state index contributed by atoms with van der Waals surface area (Å²) in [7, 11) is 0. The molecule has 3 aromatic rings. The molecule has 1 atom stereocenters. The molecule has 0 saturated heterocycles. The van der Waals surface area contributed by atoms with Crippen molar-refractivity contribution in [2.24, 2.45) is 0 Å². The summed E-state index contributed by atoms with van der Waals surface area (Å²) in [6.07, 6.45) is 0.748. The van der Waals surface area contributed by atoms with Gasteiger partial charge in [0.1, 0.15) is 17.0 Å². The minimum absolute atomic E-state index is 0.0247. The normalized spacial score (nSPS) is 12.0. The van der Waals surface area contributed by atoms with E-state index in [0.29, 0.717) is 27.6 Å². The molecule has 1 amide bonds. The monoisotopic (exact) mass is 354 g/mol. The summed E-state index contributed by atoms with van der Waals surface area (Å²) in [6, 6.07) is 17.3. The second-order valence-electron chi connectivity index (χ2n) is 6.01. The highest BCUT2D eigenvalue weighted by Gasteiger charge is 2.23. The van der Waals surface area contributed by atoms with Crippen molar-refractivity contribution in [1.29, 1.82) is 0 Å². The van der Waals surface area contributed by atoms with Crippen LogP contribution < -0.4 is 5.32 Å². The summed E-state index contributed by atoms with van der Waals surface area (Å²) >= 11 is 6.24. The van der Waals surface area contributed by atoms with Gasteiger partial charge in [0.25, 0.3) is 5.91 Å². The average molecular weight is 355 g/mol. The summed E-state index contributed by atoms with van der Waals surface area (Å²) in [5.74, 6) is 0.261. The van der Waals surface area contributed by atoms with Gasteiger partial charge in [-0.1, -0.05) is 65.3 Å². The number of aryl methyl sites for hydroxylation is 1. The average Bonchev–Trinajstić information content (AvgIpc) is 2.97. The third kappa shape index (κ3) is 3.91. The van der Waals surface area contributed by atoms with E-state index in [-0.39, 0.29) is 11.9 Å². The van der Waals surface area contributed by atoms with Crippen molar-refractivity contribution in [3.8, 4) is 11.3 Å². The van der Waals surface area contributed by atoms with Gasteiger partial charge in [-0.2, -0.15) is 0 Å². The van der Waals surface area contributed by atoms with Crippen molar-refractivity contribution in [3.63, 3.8) is 0 Å². The van der Waals surface area contributed by atoms with Gasteiger partial charge in [0.15, 0.2) is 0 Å². The SMILES string of the molecule is Cc1onc(-c2ccccc2Cl)c1C(=O)NC(C)Cc1ccccc1. The first kappa shape index (κ1) is 17.2. The van der Waals surface area contributed by atoms with Crippen molar-refractivity contribution in [2.45, 2.75) is 26.3 Å². The first-order valence-corrected chi connectivity index (χ1v) is 8.50. The first-order valence-electron chi connectivity index (χ1n) is 8.12. The Hall–Kier alpha value is -2.59. The van der Waals surface area contributed by atoms with E-state index < -0.39 is 0 Å². The van der Waals surface area contributed by atoms with E-state index in [1.807, 2.05) is 55.5 Å². The fourth-order valence-corrected chi connectivity index (χ4v) is 3.02. The molecule has 1 aromatic heterocycles. The molecule has 4 nitrogen and oxygen atoms in total. The molecule has 0 spiro atoms. The van der Waals surface area contributed by atoms with E-state index in [1.54, 1.807) is 13.0 Å². The Kier molecular flexibility index (Phi) is 5.19. The highest BCUT2D eigenvalue weighted by atomic mass is 35.5. The van der Waals surface area contributed by atoms with Crippen LogP contribution in [0, 0.1) is 6.92 Å². The highest BCUT2D eigenvalue weighted by Crippen LogP contribution is 2.30. The summed E-state index contributed by atoms with van der Waals surface area (Å²) < 4.78 is 5.26. The number of nitrogens with zero attached hydrogens (tertiary/aromatic N) is 1. The van der Waals surface area contributed by atoms with Gasteiger partial charge >= 0.3 is 0 Å². The largest absolute Gasteiger partial charge is 0.360 e. The van der Waals surface area contributed by atoms with Crippen molar-refractivity contribution in [3.05, 3.63) is 76.5 Å². The molecule has 1 N–H and O–H groups in total. The molecule has 2 aromatic carbocycles. The summed E-state index contributed by atoms with van der Waals surface area (Å²) in [5.41, 5.74) is 2.74. The van der Waals surface area contributed by atoms with Gasteiger partial charge < -0.3 is 9.84 Å². The van der Waals surface area contributed by atoms with Crippen LogP contribution >= 0.6 is 11.6 Å². The fraction of sp³-hybridized carbons (Fsp3) is 0.200. The molecule has 0 bridgehead atoms. The number of carbonyl (C=O) groups is 1. The van der Waals surface area contributed by atoms with Crippen LogP contribution in [0.1, 0.15) is 28.6 Å². The lowest BCUT2D eigenvalue weighted by Gasteiger charge is -2.14. The van der Waals surface area contributed by atoms with Crippen LogP contribution in [0.25, 0.3) is 11.3 Å². The molecule has 0 fully saturated rings. The summed E-state index contributed by atoms with van der Waals surface area (Å²) in [6.45, 7) is 3.70. The highest BCUT2D eigenvalue weighted by molar-refractivity contribution is 6.33. The minimum atomic E-state index is -0.211. The van der Waals surface area contributed by atoms with E-state index in [0.717, 1.165) is 6.42 Å². The Bertz CT molecular complexity index is 874. The van der Waals surface area contributed by atoms with E-state index >= 15 is 0 Å². The lowest BCUT2D eigenvalue weighted by atomic mass is 10.0. The number of amides is 1. The fourth-order valence-electron chi connectivity index (χ4n) is 2.79. The van der Waals surface area contributed by atoms with Gasteiger partial charge in [-0.15, -0.1) is 0 Å². The third-order valence-electron chi connectivity index (χ3n) is 3.98. The van der Waals surface area contributed by atoms with Gasteiger partial charge in [0, 0.05) is 11.6 Å². The van der Waals surface area contributed by atoms with E-state index in [4.69, 9.17) is 16.1 Å². The molecule has 128 valence electrons. The van der Waals surface area contributed by atoms with Gasteiger partial charge in [-0.25, -0.2) is 0 Å². The van der Waals surface area contributed by atoms with E-state index in [2.05, 4.69) is 10.5 Å². The Morgan fingerprint density at radius 1 is 1.16 bits per heavy atom. The number of rotatable bonds is 5. The Morgan fingerprint density at radius 2 is 1.84 bits per heavy atom. The smallest absolute Gasteiger partial charge is 0.257 e. The first-order chi connectivity index (χ1) is 12.1. The zero-order valence-corrected chi connectivity index (χ0v) is 14.9. The summed E-state index contributed by atoms with van der Waals surface area (Å²) in [4.78, 5) is 12.8. The topological polar surface area (TPSA) is 55.1 Å². The van der Waals surface area contributed by atoms with Crippen molar-refractivity contribution in [2.75, 3.05) is 0 Å². The standard InChI is InChI=1S/C20H19ClN2O2/c1-13(12-15-8-4-3-5-9-15)22-20(24)18-14(2)25-23-19(18)16-10-6-7-11-17(16)21/h3-11,13H,12H2,1-2H3,(H,22,24). The minimum Gasteiger partial charge on any atom is -0.360 e. The Morgan fingerprint density at radius 3 is 2.56 bits per heavy atom. The van der Waals surface area contributed by atoms with E-state index in [1.165, 1.54) is 5.56 Å². The molecule has 5 heteroatoms. The van der Waals surface area contributed by atoms with Crippen LogP contribution in [-0.2, 0) is 6.42 Å². The van der Waals surface area contributed by atoms with E-state index in [9.17, 15) is 4.79 Å². The molecule has 0 saturated carbocycles. The number of benzene rings is 2. The molecule has 25 heavy (non-hydrogen) atoms. The van der Waals surface area contributed by atoms with Crippen LogP contribution in [0.3, 0.4) is 0 Å². The number of hydrogen-bond donors (Lipinski definition) is 1. The zero-order valence-electron chi connectivity index (χ0n) is 14.1. The maximum absolute atomic E-state index is 12.8. The van der Waals surface area contributed by atoms with Gasteiger partial charge in [-0.05, 0) is 31.9 Å². The lowest BCUT2D eigenvalue weighted by Crippen LogP contribution is -2.34. The maximum atomic E-state index is 12.8. The Balaban J connectivity index is 1.81. The van der Waals surface area contributed by atoms with Crippen LogP contribution in [0.4, 0.5) is 0 Å². The van der Waals surface area contributed by atoms with Crippen molar-refractivity contribution >= 4 is 17.5 Å². The van der Waals surface area contributed by atoms with Gasteiger partial charge in [0.05, 0.1) is 5.02 Å². The molecule has 0 radical (unpaired) electrons. The number of nitrogens with one attached hydrogen (secondary N) is 1. The molecule has 0 aliphatic heterocycles. The third-order valence-corrected chi connectivity index (χ3v) is 4.31. The predicted molar refractivity (Wildman–Crippen MR) is 98.8 cm³/mol. The van der Waals surface area contributed by atoms with Crippen LogP contribution in [0.2, 0.25) is 5.02 Å². The zero-order chi connectivity index (χ0) is 17.8. The lowest BCUT2D eigenvalue weighted by molar-refractivity contribution is 0.0939. The molecule has 0 aliphatic rings. The van der Waals surface area contributed by atoms with Gasteiger partial charge in [-0.3, -0.25) is 4.79 Å². The number of aromatic nitrogens is 1. The maximum Gasteiger partial charge on any atom is 0.257 e. The second kappa shape index (κ2) is 7.53. The second-order valence-corrected chi connectivity index (χ2v) is 6.41. The van der Waals surface area contributed by atoms with Crippen LogP contribution in [-0.4, -0.2) is 17.1 Å². The number of carbonyl (C=O) groups excluding carboxylic acids is 1. The quantitative estimate of drug-likeness (QED) is 0.724. The predicted octanol–water partition coefficient (Wildman–Crippen LogP) is 4.66. The molecule has 3 rings (SSSR count). The van der Waals surface area contributed by atoms with Gasteiger partial charge in [0.2, 0.25) is 0 Å². The van der Waals surface area contributed by atoms with Crippen molar-refractivity contribution in [1.82, 2.24) is 10.5 Å². The molecular weight excluding hydrogens is 336 g/mol. The Labute approximate surface area is 151 Å². The molecule has 0 aliphatic carbocycles. The molecule has 1 heterocycles. The number of halogens is 1. The molecular formula is C20H19ClN2O2. The summed E-state index contributed by atoms with van der Waals surface area (Å²) in [5, 5.41) is 7.59. The van der Waals surface area contributed by atoms with Crippen molar-refractivity contribution < 1.29 is 9.32 Å². The van der Waals surface area contributed by atoms with Crippen LogP contribution in [0.5, 0.6) is 0 Å². The molecule has 1 unspecified atom stereocenters. The van der Waals surface area contributed by atoms with Crippen LogP contribution in [0.15, 0.2) is 59.1 Å².